The summed E-state index contributed by atoms with van der Waals surface area (Å²) >= 11 is 0. The van der Waals surface area contributed by atoms with Gasteiger partial charge in [-0.3, -0.25) is 9.59 Å². The Morgan fingerprint density at radius 2 is 1.71 bits per heavy atom. The van der Waals surface area contributed by atoms with Gasteiger partial charge in [-0.25, -0.2) is 0 Å². The van der Waals surface area contributed by atoms with Gasteiger partial charge in [0.15, 0.2) is 0 Å². The lowest BCUT2D eigenvalue weighted by molar-refractivity contribution is -0.157. The van der Waals surface area contributed by atoms with E-state index in [2.05, 4.69) is 43.6 Å². The first-order valence-corrected chi connectivity index (χ1v) is 13.0. The highest BCUT2D eigenvalue weighted by Gasteiger charge is 2.60. The van der Waals surface area contributed by atoms with Gasteiger partial charge in [0, 0.05) is 42.6 Å². The van der Waals surface area contributed by atoms with Gasteiger partial charge in [-0.15, -0.1) is 0 Å². The molecule has 3 aliphatic carbocycles. The smallest absolute Gasteiger partial charge is 0.250 e. The zero-order valence-corrected chi connectivity index (χ0v) is 20.3. The fourth-order valence-electron chi connectivity index (χ4n) is 9.01. The Morgan fingerprint density at radius 3 is 2.42 bits per heavy atom. The third kappa shape index (κ3) is 2.99. The average Bonchev–Trinajstić information content (AvgIpc) is 3.08. The Morgan fingerprint density at radius 1 is 1.00 bits per heavy atom. The van der Waals surface area contributed by atoms with Crippen LogP contribution in [0, 0.1) is 28.6 Å². The van der Waals surface area contributed by atoms with Crippen LogP contribution in [0.15, 0.2) is 11.6 Å². The highest BCUT2D eigenvalue weighted by molar-refractivity contribution is 5.96. The second-order valence-electron chi connectivity index (χ2n) is 12.1. The lowest BCUT2D eigenvalue weighted by Crippen LogP contribution is -2.61. The maximum Gasteiger partial charge on any atom is 0.250 e. The summed E-state index contributed by atoms with van der Waals surface area (Å²) < 4.78 is 0. The molecule has 0 aromatic carbocycles. The van der Waals surface area contributed by atoms with Crippen LogP contribution >= 0.6 is 0 Å². The topological polar surface area (TPSA) is 40.6 Å². The minimum absolute atomic E-state index is 0.0364. The van der Waals surface area contributed by atoms with E-state index in [-0.39, 0.29) is 10.8 Å². The van der Waals surface area contributed by atoms with Crippen LogP contribution in [-0.4, -0.2) is 46.8 Å². The molecule has 31 heavy (non-hydrogen) atoms. The molecule has 5 rings (SSSR count). The third-order valence-electron chi connectivity index (χ3n) is 10.8. The van der Waals surface area contributed by atoms with Crippen molar-refractivity contribution in [3.63, 3.8) is 0 Å². The van der Waals surface area contributed by atoms with Crippen LogP contribution in [0.25, 0.3) is 0 Å². The predicted molar refractivity (Wildman–Crippen MR) is 123 cm³/mol. The minimum Gasteiger partial charge on any atom is -0.342 e. The Bertz CT molecular complexity index is 795. The number of hydrogen-bond donors (Lipinski definition) is 0. The molecule has 0 aromatic rings. The number of nitrogens with zero attached hydrogens (tertiary/aromatic N) is 2. The number of piperidine rings is 2. The number of allylic oxidation sites excluding steroid dienone is 1. The van der Waals surface area contributed by atoms with E-state index in [1.54, 1.807) is 0 Å². The summed E-state index contributed by atoms with van der Waals surface area (Å²) in [6, 6.07) is 1.13. The zero-order chi connectivity index (χ0) is 22.1. The lowest BCUT2D eigenvalue weighted by atomic mass is 9.47. The highest BCUT2D eigenvalue weighted by Crippen LogP contribution is 2.65. The van der Waals surface area contributed by atoms with Crippen LogP contribution in [0.1, 0.15) is 91.9 Å². The van der Waals surface area contributed by atoms with E-state index in [0.29, 0.717) is 54.1 Å². The summed E-state index contributed by atoms with van der Waals surface area (Å²) in [5.74, 6) is 2.66. The number of likely N-dealkylation sites (tertiary alicyclic amines) is 2. The fourth-order valence-corrected chi connectivity index (χ4v) is 9.01. The van der Waals surface area contributed by atoms with E-state index in [0.717, 1.165) is 44.1 Å². The van der Waals surface area contributed by atoms with Gasteiger partial charge in [0.2, 0.25) is 5.91 Å². The Kier molecular flexibility index (Phi) is 5.10. The van der Waals surface area contributed by atoms with E-state index in [4.69, 9.17) is 0 Å². The molecule has 172 valence electrons. The molecule has 5 aliphatic rings. The van der Waals surface area contributed by atoms with Crippen LogP contribution < -0.4 is 0 Å². The Labute approximate surface area is 188 Å². The molecule has 0 radical (unpaired) electrons. The maximum absolute atomic E-state index is 13.8. The molecule has 0 bridgehead atoms. The number of carbonyl (C=O) groups is 2. The number of amides is 2. The minimum atomic E-state index is 0.0364. The molecule has 8 atom stereocenters. The summed E-state index contributed by atoms with van der Waals surface area (Å²) in [4.78, 5) is 30.5. The van der Waals surface area contributed by atoms with Crippen molar-refractivity contribution < 1.29 is 9.59 Å². The largest absolute Gasteiger partial charge is 0.342 e. The van der Waals surface area contributed by atoms with Crippen molar-refractivity contribution in [2.45, 2.75) is 110 Å². The molecular weight excluding hydrogens is 384 g/mol. The van der Waals surface area contributed by atoms with E-state index >= 15 is 0 Å². The van der Waals surface area contributed by atoms with E-state index in [1.165, 1.54) is 19.3 Å². The predicted octanol–water partition coefficient (Wildman–Crippen LogP) is 5.18. The number of fused-ring (bicyclic) bond motifs is 5. The maximum atomic E-state index is 13.8. The van der Waals surface area contributed by atoms with Crippen molar-refractivity contribution in [2.24, 2.45) is 28.6 Å². The summed E-state index contributed by atoms with van der Waals surface area (Å²) in [5, 5.41) is 0. The summed E-state index contributed by atoms with van der Waals surface area (Å²) in [7, 11) is 2.03. The van der Waals surface area contributed by atoms with Gasteiger partial charge in [-0.1, -0.05) is 19.9 Å². The normalized spacial score (nSPS) is 47.4. The number of hydrogen-bond acceptors (Lipinski definition) is 2. The van der Waals surface area contributed by atoms with Crippen LogP contribution in [0.4, 0.5) is 0 Å². The Hall–Kier alpha value is -1.32. The van der Waals surface area contributed by atoms with Crippen LogP contribution in [0.5, 0.6) is 0 Å². The first kappa shape index (κ1) is 21.5. The molecule has 2 saturated heterocycles. The van der Waals surface area contributed by atoms with Gasteiger partial charge in [0.1, 0.15) is 0 Å². The quantitative estimate of drug-likeness (QED) is 0.580. The fraction of sp³-hybridized carbons (Fsp3) is 0.852. The third-order valence-corrected chi connectivity index (χ3v) is 10.8. The van der Waals surface area contributed by atoms with Crippen molar-refractivity contribution in [3.8, 4) is 0 Å². The van der Waals surface area contributed by atoms with Crippen molar-refractivity contribution in [2.75, 3.05) is 7.05 Å². The molecule has 2 saturated carbocycles. The molecule has 4 nitrogen and oxygen atoms in total. The molecule has 4 heteroatoms. The molecule has 0 spiro atoms. The van der Waals surface area contributed by atoms with E-state index in [1.807, 2.05) is 7.05 Å². The number of rotatable bonds is 1. The zero-order valence-electron chi connectivity index (χ0n) is 20.3. The summed E-state index contributed by atoms with van der Waals surface area (Å²) in [6.07, 6.45) is 13.4. The molecule has 3 unspecified atom stereocenters. The molecule has 2 aliphatic heterocycles. The SMILES string of the molecule is CC1CCCC(C)N1C(=O)C1=CC[C@H]2[C@@H]3CCC4N(C)C(=O)CC[C@]4(C)[C@@H]3CC[C@]12C. The van der Waals surface area contributed by atoms with Crippen molar-refractivity contribution in [1.82, 2.24) is 9.80 Å². The van der Waals surface area contributed by atoms with Gasteiger partial charge in [-0.05, 0) is 94.8 Å². The lowest BCUT2D eigenvalue weighted by Gasteiger charge is -2.61. The van der Waals surface area contributed by atoms with Crippen LogP contribution in [-0.2, 0) is 9.59 Å². The second-order valence-corrected chi connectivity index (χ2v) is 12.1. The van der Waals surface area contributed by atoms with Gasteiger partial charge in [-0.2, -0.15) is 0 Å². The van der Waals surface area contributed by atoms with Gasteiger partial charge in [0.25, 0.3) is 5.91 Å². The summed E-state index contributed by atoms with van der Waals surface area (Å²) in [6.45, 7) is 9.37. The first-order chi connectivity index (χ1) is 14.7. The second kappa shape index (κ2) is 7.35. The molecule has 0 N–H and O–H groups in total. The molecular formula is C27H42N2O2. The van der Waals surface area contributed by atoms with Gasteiger partial charge in [0.05, 0.1) is 0 Å². The number of carbonyl (C=O) groups excluding carboxylic acids is 2. The van der Waals surface area contributed by atoms with Gasteiger partial charge >= 0.3 is 0 Å². The van der Waals surface area contributed by atoms with E-state index < -0.39 is 0 Å². The molecule has 4 fully saturated rings. The highest BCUT2D eigenvalue weighted by atomic mass is 16.2. The van der Waals surface area contributed by atoms with Gasteiger partial charge < -0.3 is 9.80 Å². The standard InChI is InChI=1S/C27H42N2O2/c1-17-7-6-8-18(2)29(17)25(31)22-11-10-20-19-9-12-23-27(4,16-14-24(30)28(23)5)21(19)13-15-26(20,22)3/h11,17-21,23H,6-10,12-16H2,1-5H3/t17?,18?,19-,20-,21+,23?,26-,27+/m0/s1. The molecule has 0 aromatic heterocycles. The summed E-state index contributed by atoms with van der Waals surface area (Å²) in [5.41, 5.74) is 1.42. The van der Waals surface area contributed by atoms with Crippen LogP contribution in [0.3, 0.4) is 0 Å². The van der Waals surface area contributed by atoms with Crippen molar-refractivity contribution in [3.05, 3.63) is 11.6 Å². The molecule has 2 amide bonds. The Balaban J connectivity index is 1.39. The van der Waals surface area contributed by atoms with Crippen molar-refractivity contribution in [1.29, 1.82) is 0 Å². The van der Waals surface area contributed by atoms with Crippen LogP contribution in [0.2, 0.25) is 0 Å². The average molecular weight is 427 g/mol. The monoisotopic (exact) mass is 426 g/mol. The molecule has 2 heterocycles. The first-order valence-electron chi connectivity index (χ1n) is 13.0. The van der Waals surface area contributed by atoms with Crippen molar-refractivity contribution >= 4 is 11.8 Å². The van der Waals surface area contributed by atoms with E-state index in [9.17, 15) is 9.59 Å².